The van der Waals surface area contributed by atoms with Crippen LogP contribution >= 0.6 is 0 Å². The van der Waals surface area contributed by atoms with Gasteiger partial charge in [-0.1, -0.05) is 24.3 Å². The van der Waals surface area contributed by atoms with Gasteiger partial charge in [-0.05, 0) is 36.8 Å². The predicted molar refractivity (Wildman–Crippen MR) is 97.5 cm³/mol. The molecule has 1 aromatic carbocycles. The number of benzene rings is 1. The Kier molecular flexibility index (Phi) is 3.58. The summed E-state index contributed by atoms with van der Waals surface area (Å²) in [6.45, 7) is 0. The lowest BCUT2D eigenvalue weighted by atomic mass is 10.1. The predicted octanol–water partition coefficient (Wildman–Crippen LogP) is 4.32. The maximum atomic E-state index is 5.94. The maximum absolute atomic E-state index is 5.94. The van der Waals surface area contributed by atoms with E-state index in [4.69, 9.17) is 10.5 Å². The number of nitrogen functional groups attached to an aromatic ring is 1. The molecule has 0 aliphatic heterocycles. The molecule has 0 radical (unpaired) electrons. The van der Waals surface area contributed by atoms with E-state index < -0.39 is 0 Å². The highest BCUT2D eigenvalue weighted by Crippen LogP contribution is 2.34. The van der Waals surface area contributed by atoms with E-state index in [9.17, 15) is 0 Å². The molecule has 120 valence electrons. The zero-order valence-electron chi connectivity index (χ0n) is 13.5. The van der Waals surface area contributed by atoms with Crippen molar-refractivity contribution in [2.45, 2.75) is 12.5 Å². The minimum absolute atomic E-state index is 0.267. The number of fused-ring (bicyclic) bond motifs is 1. The van der Waals surface area contributed by atoms with Crippen molar-refractivity contribution in [2.75, 3.05) is 12.8 Å². The third-order valence-corrected chi connectivity index (χ3v) is 4.44. The Hall–Kier alpha value is -3.01. The number of nitrogens with two attached hydrogens (primary N) is 1. The summed E-state index contributed by atoms with van der Waals surface area (Å²) >= 11 is 0. The van der Waals surface area contributed by atoms with Crippen LogP contribution in [0.25, 0.3) is 22.2 Å². The number of methoxy groups -OCH3 is 1. The summed E-state index contributed by atoms with van der Waals surface area (Å²) in [6.07, 6.45) is 11.2. The van der Waals surface area contributed by atoms with Crippen molar-refractivity contribution < 1.29 is 4.74 Å². The third kappa shape index (κ3) is 2.46. The fraction of sp³-hybridized carbons (Fsp3) is 0.150. The fourth-order valence-electron chi connectivity index (χ4n) is 3.22. The minimum atomic E-state index is 0.267. The summed E-state index contributed by atoms with van der Waals surface area (Å²) in [5, 5.41) is 1.19. The lowest BCUT2D eigenvalue weighted by Crippen LogP contribution is -2.07. The van der Waals surface area contributed by atoms with E-state index in [1.54, 1.807) is 13.3 Å². The van der Waals surface area contributed by atoms with Crippen LogP contribution in [0.5, 0.6) is 0 Å². The topological polar surface area (TPSA) is 53.1 Å². The molecule has 4 heteroatoms. The number of para-hydroxylation sites is 1. The van der Waals surface area contributed by atoms with Gasteiger partial charge in [-0.3, -0.25) is 4.98 Å². The van der Waals surface area contributed by atoms with Crippen molar-refractivity contribution in [1.82, 2.24) is 9.55 Å². The normalized spacial score (nSPS) is 17.0. The Morgan fingerprint density at radius 1 is 1.25 bits per heavy atom. The Balaban J connectivity index is 1.84. The molecule has 0 fully saturated rings. The van der Waals surface area contributed by atoms with Crippen LogP contribution in [0.3, 0.4) is 0 Å². The van der Waals surface area contributed by atoms with Gasteiger partial charge in [0, 0.05) is 34.5 Å². The SMILES string of the molecule is COC1=CCC(n2cc(-c3cc(N)ccn3)c3ccccc32)C=C1. The van der Waals surface area contributed by atoms with Gasteiger partial charge in [-0.25, -0.2) is 0 Å². The van der Waals surface area contributed by atoms with Gasteiger partial charge in [0.25, 0.3) is 0 Å². The first-order valence-electron chi connectivity index (χ1n) is 8.00. The highest BCUT2D eigenvalue weighted by atomic mass is 16.5. The quantitative estimate of drug-likeness (QED) is 0.783. The molecular weight excluding hydrogens is 298 g/mol. The van der Waals surface area contributed by atoms with E-state index in [1.807, 2.05) is 18.2 Å². The Morgan fingerprint density at radius 2 is 2.12 bits per heavy atom. The van der Waals surface area contributed by atoms with Crippen molar-refractivity contribution in [1.29, 1.82) is 0 Å². The van der Waals surface area contributed by atoms with Crippen LogP contribution in [-0.2, 0) is 4.74 Å². The molecule has 1 atom stereocenters. The summed E-state index contributed by atoms with van der Waals surface area (Å²) in [7, 11) is 1.70. The first-order valence-corrected chi connectivity index (χ1v) is 8.00. The molecule has 0 amide bonds. The van der Waals surface area contributed by atoms with Crippen molar-refractivity contribution in [3.05, 3.63) is 72.8 Å². The molecule has 1 aliphatic rings. The fourth-order valence-corrected chi connectivity index (χ4v) is 3.22. The highest BCUT2D eigenvalue weighted by molar-refractivity contribution is 5.95. The number of hydrogen-bond donors (Lipinski definition) is 1. The molecule has 1 aliphatic carbocycles. The number of aromatic nitrogens is 2. The van der Waals surface area contributed by atoms with Crippen LogP contribution in [0.2, 0.25) is 0 Å². The van der Waals surface area contributed by atoms with Crippen molar-refractivity contribution >= 4 is 16.6 Å². The lowest BCUT2D eigenvalue weighted by Gasteiger charge is -2.18. The largest absolute Gasteiger partial charge is 0.497 e. The van der Waals surface area contributed by atoms with Gasteiger partial charge in [0.2, 0.25) is 0 Å². The standard InChI is InChI=1S/C20H19N3O/c1-24-16-8-6-15(7-9-16)23-13-18(17-4-2-3-5-20(17)23)19-12-14(21)10-11-22-19/h2-6,8-13,15H,7H2,1H3,(H2,21,22). The number of anilines is 1. The summed E-state index contributed by atoms with van der Waals surface area (Å²) in [5.74, 6) is 0.917. The summed E-state index contributed by atoms with van der Waals surface area (Å²) in [6, 6.07) is 12.4. The van der Waals surface area contributed by atoms with Crippen LogP contribution in [0.4, 0.5) is 5.69 Å². The molecule has 4 nitrogen and oxygen atoms in total. The first kappa shape index (κ1) is 14.6. The molecule has 0 spiro atoms. The first-order chi connectivity index (χ1) is 11.8. The maximum Gasteiger partial charge on any atom is 0.114 e. The zero-order chi connectivity index (χ0) is 16.5. The molecule has 2 N–H and O–H groups in total. The van der Waals surface area contributed by atoms with E-state index in [1.165, 1.54) is 10.9 Å². The number of rotatable bonds is 3. The Bertz CT molecular complexity index is 952. The Morgan fingerprint density at radius 3 is 2.88 bits per heavy atom. The van der Waals surface area contributed by atoms with Gasteiger partial charge in [-0.2, -0.15) is 0 Å². The van der Waals surface area contributed by atoms with Crippen LogP contribution in [0.1, 0.15) is 12.5 Å². The van der Waals surface area contributed by atoms with Gasteiger partial charge in [0.1, 0.15) is 5.76 Å². The Labute approximate surface area is 140 Å². The smallest absolute Gasteiger partial charge is 0.114 e. The van der Waals surface area contributed by atoms with Crippen LogP contribution in [0, 0.1) is 0 Å². The van der Waals surface area contributed by atoms with E-state index in [2.05, 4.69) is 52.2 Å². The van der Waals surface area contributed by atoms with Gasteiger partial charge >= 0.3 is 0 Å². The third-order valence-electron chi connectivity index (χ3n) is 4.44. The molecule has 24 heavy (non-hydrogen) atoms. The van der Waals surface area contributed by atoms with Crippen molar-refractivity contribution in [2.24, 2.45) is 0 Å². The molecule has 0 bridgehead atoms. The number of nitrogens with zero attached hydrogens (tertiary/aromatic N) is 2. The monoisotopic (exact) mass is 317 g/mol. The van der Waals surface area contributed by atoms with Crippen LogP contribution in [-0.4, -0.2) is 16.7 Å². The van der Waals surface area contributed by atoms with Gasteiger partial charge in [-0.15, -0.1) is 0 Å². The summed E-state index contributed by atoms with van der Waals surface area (Å²) in [5.41, 5.74) is 9.87. The number of pyridine rings is 1. The van der Waals surface area contributed by atoms with Crippen LogP contribution < -0.4 is 5.73 Å². The van der Waals surface area contributed by atoms with Gasteiger partial charge < -0.3 is 15.0 Å². The van der Waals surface area contributed by atoms with Gasteiger partial charge in [0.15, 0.2) is 0 Å². The van der Waals surface area contributed by atoms with E-state index >= 15 is 0 Å². The number of allylic oxidation sites excluding steroid dienone is 3. The molecule has 0 saturated carbocycles. The van der Waals surface area contributed by atoms with Crippen molar-refractivity contribution in [3.8, 4) is 11.3 Å². The molecule has 0 saturated heterocycles. The average Bonchev–Trinajstić information content (AvgIpc) is 3.01. The van der Waals surface area contributed by atoms with Crippen molar-refractivity contribution in [3.63, 3.8) is 0 Å². The molecule has 4 rings (SSSR count). The second kappa shape index (κ2) is 5.89. The minimum Gasteiger partial charge on any atom is -0.497 e. The molecule has 2 aromatic heterocycles. The molecule has 3 aromatic rings. The number of ether oxygens (including phenoxy) is 1. The molecular formula is C20H19N3O. The zero-order valence-corrected chi connectivity index (χ0v) is 13.5. The summed E-state index contributed by atoms with van der Waals surface area (Å²) in [4.78, 5) is 4.50. The average molecular weight is 317 g/mol. The van der Waals surface area contributed by atoms with E-state index in [0.29, 0.717) is 0 Å². The van der Waals surface area contributed by atoms with Crippen LogP contribution in [0.15, 0.2) is 72.8 Å². The second-order valence-corrected chi connectivity index (χ2v) is 5.91. The second-order valence-electron chi connectivity index (χ2n) is 5.91. The molecule has 1 unspecified atom stereocenters. The number of hydrogen-bond acceptors (Lipinski definition) is 3. The lowest BCUT2D eigenvalue weighted by molar-refractivity contribution is 0.301. The van der Waals surface area contributed by atoms with Gasteiger partial charge in [0.05, 0.1) is 18.8 Å². The van der Waals surface area contributed by atoms with E-state index in [0.717, 1.165) is 29.1 Å². The highest BCUT2D eigenvalue weighted by Gasteiger charge is 2.17. The molecule has 2 heterocycles. The summed E-state index contributed by atoms with van der Waals surface area (Å²) < 4.78 is 7.59. The van der Waals surface area contributed by atoms with E-state index in [-0.39, 0.29) is 6.04 Å².